The van der Waals surface area contributed by atoms with E-state index in [4.69, 9.17) is 4.74 Å². The molecule has 1 N–H and O–H groups in total. The van der Waals surface area contributed by atoms with E-state index in [0.717, 1.165) is 38.2 Å². The van der Waals surface area contributed by atoms with Gasteiger partial charge in [0.05, 0.1) is 18.9 Å². The minimum Gasteiger partial charge on any atom is -0.378 e. The summed E-state index contributed by atoms with van der Waals surface area (Å²) in [6.07, 6.45) is 5.96. The Balaban J connectivity index is 1.53. The van der Waals surface area contributed by atoms with Crippen molar-refractivity contribution >= 4 is 5.91 Å². The number of fused-ring (bicyclic) bond motifs is 1. The zero-order valence-corrected chi connectivity index (χ0v) is 11.3. The number of carbonyl (C=O) groups excluding carboxylic acids is 1. The minimum absolute atomic E-state index is 0.220. The first-order valence-electron chi connectivity index (χ1n) is 7.25. The van der Waals surface area contributed by atoms with Gasteiger partial charge in [-0.1, -0.05) is 0 Å². The number of imidazole rings is 1. The van der Waals surface area contributed by atoms with Gasteiger partial charge in [-0.3, -0.25) is 4.79 Å². The second-order valence-electron chi connectivity index (χ2n) is 5.31. The summed E-state index contributed by atoms with van der Waals surface area (Å²) in [5.41, 5.74) is 2.51. The summed E-state index contributed by atoms with van der Waals surface area (Å²) in [6, 6.07) is 0. The van der Waals surface area contributed by atoms with Gasteiger partial charge in [0.1, 0.15) is 5.82 Å². The van der Waals surface area contributed by atoms with Gasteiger partial charge in [0, 0.05) is 31.6 Å². The van der Waals surface area contributed by atoms with Crippen LogP contribution in [-0.4, -0.2) is 47.1 Å². The van der Waals surface area contributed by atoms with E-state index >= 15 is 0 Å². The standard InChI is InChI=1S/C14H21N3O2/c18-14(17-7-9-19-10-8-17)6-5-13-15-11-3-1-2-4-12(11)16-13/h1-10H2,(H,15,16). The molecule has 0 aromatic carbocycles. The molecule has 0 saturated carbocycles. The molecule has 104 valence electrons. The van der Waals surface area contributed by atoms with E-state index in [0.29, 0.717) is 19.6 Å². The fraction of sp³-hybridized carbons (Fsp3) is 0.714. The second-order valence-corrected chi connectivity index (χ2v) is 5.31. The van der Waals surface area contributed by atoms with Gasteiger partial charge in [-0.05, 0) is 25.7 Å². The van der Waals surface area contributed by atoms with Crippen LogP contribution < -0.4 is 0 Å². The first kappa shape index (κ1) is 12.7. The maximum Gasteiger partial charge on any atom is 0.223 e. The Hall–Kier alpha value is -1.36. The van der Waals surface area contributed by atoms with Crippen molar-refractivity contribution in [3.8, 4) is 0 Å². The Morgan fingerprint density at radius 2 is 2.05 bits per heavy atom. The van der Waals surface area contributed by atoms with Gasteiger partial charge < -0.3 is 14.6 Å². The van der Waals surface area contributed by atoms with E-state index in [1.165, 1.54) is 24.2 Å². The predicted molar refractivity (Wildman–Crippen MR) is 70.9 cm³/mol. The van der Waals surface area contributed by atoms with Crippen molar-refractivity contribution < 1.29 is 9.53 Å². The number of rotatable bonds is 3. The van der Waals surface area contributed by atoms with Crippen LogP contribution in [0.1, 0.15) is 36.5 Å². The molecule has 1 saturated heterocycles. The van der Waals surface area contributed by atoms with E-state index in [9.17, 15) is 4.79 Å². The summed E-state index contributed by atoms with van der Waals surface area (Å²) in [7, 11) is 0. The number of aromatic nitrogens is 2. The zero-order valence-electron chi connectivity index (χ0n) is 11.3. The molecule has 19 heavy (non-hydrogen) atoms. The third-order valence-corrected chi connectivity index (χ3v) is 3.94. The maximum absolute atomic E-state index is 12.0. The van der Waals surface area contributed by atoms with Gasteiger partial charge in [0.2, 0.25) is 5.91 Å². The molecule has 1 aromatic rings. The van der Waals surface area contributed by atoms with Crippen LogP contribution in [0.2, 0.25) is 0 Å². The van der Waals surface area contributed by atoms with Gasteiger partial charge in [-0.25, -0.2) is 4.98 Å². The second kappa shape index (κ2) is 5.74. The lowest BCUT2D eigenvalue weighted by Gasteiger charge is -2.26. The van der Waals surface area contributed by atoms with Crippen molar-refractivity contribution in [1.82, 2.24) is 14.9 Å². The third-order valence-electron chi connectivity index (χ3n) is 3.94. The number of hydrogen-bond donors (Lipinski definition) is 1. The molecule has 1 fully saturated rings. The van der Waals surface area contributed by atoms with Crippen molar-refractivity contribution in [2.24, 2.45) is 0 Å². The minimum atomic E-state index is 0.220. The van der Waals surface area contributed by atoms with E-state index in [2.05, 4.69) is 9.97 Å². The highest BCUT2D eigenvalue weighted by molar-refractivity contribution is 5.76. The van der Waals surface area contributed by atoms with Gasteiger partial charge in [-0.2, -0.15) is 0 Å². The molecular formula is C14H21N3O2. The molecular weight excluding hydrogens is 242 g/mol. The monoisotopic (exact) mass is 263 g/mol. The number of carbonyl (C=O) groups is 1. The largest absolute Gasteiger partial charge is 0.378 e. The van der Waals surface area contributed by atoms with Crippen molar-refractivity contribution in [2.45, 2.75) is 38.5 Å². The molecule has 0 spiro atoms. The third kappa shape index (κ3) is 2.97. The van der Waals surface area contributed by atoms with Crippen LogP contribution in [0.4, 0.5) is 0 Å². The van der Waals surface area contributed by atoms with Gasteiger partial charge in [0.25, 0.3) is 0 Å². The van der Waals surface area contributed by atoms with Crippen molar-refractivity contribution in [3.63, 3.8) is 0 Å². The van der Waals surface area contributed by atoms with Gasteiger partial charge in [0.15, 0.2) is 0 Å². The van der Waals surface area contributed by atoms with Crippen LogP contribution in [0.3, 0.4) is 0 Å². The summed E-state index contributed by atoms with van der Waals surface area (Å²) >= 11 is 0. The fourth-order valence-electron chi connectivity index (χ4n) is 2.83. The number of hydrogen-bond acceptors (Lipinski definition) is 3. The number of morpholine rings is 1. The van der Waals surface area contributed by atoms with Crippen LogP contribution in [0.25, 0.3) is 0 Å². The average molecular weight is 263 g/mol. The van der Waals surface area contributed by atoms with Crippen LogP contribution in [0, 0.1) is 0 Å². The van der Waals surface area contributed by atoms with Crippen LogP contribution in [0.15, 0.2) is 0 Å². The lowest BCUT2D eigenvalue weighted by Crippen LogP contribution is -2.40. The van der Waals surface area contributed by atoms with Crippen LogP contribution in [-0.2, 0) is 28.8 Å². The first-order valence-corrected chi connectivity index (χ1v) is 7.25. The maximum atomic E-state index is 12.0. The Bertz CT molecular complexity index is 426. The Morgan fingerprint density at radius 1 is 1.26 bits per heavy atom. The zero-order chi connectivity index (χ0) is 13.1. The summed E-state index contributed by atoms with van der Waals surface area (Å²) in [6.45, 7) is 2.79. The number of aryl methyl sites for hydroxylation is 3. The molecule has 2 aliphatic rings. The number of nitrogens with one attached hydrogen (secondary N) is 1. The summed E-state index contributed by atoms with van der Waals surface area (Å²) in [4.78, 5) is 21.9. The number of H-pyrrole nitrogens is 1. The highest BCUT2D eigenvalue weighted by Crippen LogP contribution is 2.19. The number of aromatic amines is 1. The average Bonchev–Trinajstić information content (AvgIpc) is 2.88. The van der Waals surface area contributed by atoms with Gasteiger partial charge in [-0.15, -0.1) is 0 Å². The molecule has 1 aromatic heterocycles. The molecule has 1 aliphatic heterocycles. The lowest BCUT2D eigenvalue weighted by molar-refractivity contribution is -0.135. The van der Waals surface area contributed by atoms with Crippen molar-refractivity contribution in [3.05, 3.63) is 17.2 Å². The van der Waals surface area contributed by atoms with Crippen molar-refractivity contribution in [1.29, 1.82) is 0 Å². The van der Waals surface area contributed by atoms with E-state index in [-0.39, 0.29) is 5.91 Å². The molecule has 2 heterocycles. The fourth-order valence-corrected chi connectivity index (χ4v) is 2.83. The first-order chi connectivity index (χ1) is 9.33. The van der Waals surface area contributed by atoms with E-state index in [1.807, 2.05) is 4.90 Å². The molecule has 5 heteroatoms. The van der Waals surface area contributed by atoms with Crippen molar-refractivity contribution in [2.75, 3.05) is 26.3 Å². The topological polar surface area (TPSA) is 58.2 Å². The molecule has 1 amide bonds. The molecule has 3 rings (SSSR count). The van der Waals surface area contributed by atoms with E-state index < -0.39 is 0 Å². The van der Waals surface area contributed by atoms with Gasteiger partial charge >= 0.3 is 0 Å². The molecule has 0 bridgehead atoms. The number of ether oxygens (including phenoxy) is 1. The van der Waals surface area contributed by atoms with E-state index in [1.54, 1.807) is 0 Å². The molecule has 0 radical (unpaired) electrons. The quantitative estimate of drug-likeness (QED) is 0.887. The summed E-state index contributed by atoms with van der Waals surface area (Å²) in [5.74, 6) is 1.20. The number of nitrogens with zero attached hydrogens (tertiary/aromatic N) is 2. The summed E-state index contributed by atoms with van der Waals surface area (Å²) in [5, 5.41) is 0. The SMILES string of the molecule is O=C(CCc1nc2c([nH]1)CCCC2)N1CCOCC1. The Labute approximate surface area is 113 Å². The Kier molecular flexibility index (Phi) is 3.82. The van der Waals surface area contributed by atoms with Crippen LogP contribution >= 0.6 is 0 Å². The number of amides is 1. The predicted octanol–water partition coefficient (Wildman–Crippen LogP) is 1.08. The molecule has 0 unspecified atom stereocenters. The summed E-state index contributed by atoms with van der Waals surface area (Å²) < 4.78 is 5.26. The molecule has 5 nitrogen and oxygen atoms in total. The lowest BCUT2D eigenvalue weighted by atomic mass is 10.0. The van der Waals surface area contributed by atoms with Crippen LogP contribution in [0.5, 0.6) is 0 Å². The highest BCUT2D eigenvalue weighted by Gasteiger charge is 2.18. The Morgan fingerprint density at radius 3 is 2.84 bits per heavy atom. The molecule has 0 atom stereocenters. The smallest absolute Gasteiger partial charge is 0.223 e. The normalized spacial score (nSPS) is 19.3. The highest BCUT2D eigenvalue weighted by atomic mass is 16.5. The molecule has 1 aliphatic carbocycles.